The number of fused-ring (bicyclic) bond motifs is 1. The first-order valence-electron chi connectivity index (χ1n) is 7.38. The van der Waals surface area contributed by atoms with E-state index in [0.717, 1.165) is 37.3 Å². The fraction of sp³-hybridized carbons (Fsp3) is 0.562. The topological polar surface area (TPSA) is 27.1 Å². The van der Waals surface area contributed by atoms with Crippen molar-refractivity contribution in [1.82, 2.24) is 9.55 Å². The summed E-state index contributed by atoms with van der Waals surface area (Å²) >= 11 is 5.89. The van der Waals surface area contributed by atoms with E-state index in [1.54, 1.807) is 6.92 Å². The Morgan fingerprint density at radius 2 is 2.29 bits per heavy atom. The molecule has 2 heterocycles. The van der Waals surface area contributed by atoms with Gasteiger partial charge >= 0.3 is 0 Å². The molecule has 0 bridgehead atoms. The number of halogens is 2. The molecule has 1 saturated heterocycles. The summed E-state index contributed by atoms with van der Waals surface area (Å²) in [6, 6.07) is 3.38. The number of rotatable bonds is 4. The summed E-state index contributed by atoms with van der Waals surface area (Å²) in [6.07, 6.45) is 2.79. The molecular formula is C16H20ClFN2O. The third-order valence-corrected chi connectivity index (χ3v) is 4.41. The molecule has 1 aromatic heterocycles. The number of nitrogens with zero attached hydrogens (tertiary/aromatic N) is 2. The second kappa shape index (κ2) is 5.58. The fourth-order valence-electron chi connectivity index (χ4n) is 3.05. The van der Waals surface area contributed by atoms with Gasteiger partial charge in [0.15, 0.2) is 0 Å². The van der Waals surface area contributed by atoms with E-state index in [-0.39, 0.29) is 11.4 Å². The Hall–Kier alpha value is -1.13. The zero-order valence-electron chi connectivity index (χ0n) is 12.5. The van der Waals surface area contributed by atoms with Crippen LogP contribution in [0.1, 0.15) is 31.2 Å². The van der Waals surface area contributed by atoms with Gasteiger partial charge in [-0.25, -0.2) is 9.37 Å². The molecule has 1 fully saturated rings. The van der Waals surface area contributed by atoms with E-state index >= 15 is 0 Å². The molecule has 1 aliphatic rings. The number of imidazole rings is 1. The second-order valence-electron chi connectivity index (χ2n) is 6.05. The van der Waals surface area contributed by atoms with E-state index in [4.69, 9.17) is 16.3 Å². The summed E-state index contributed by atoms with van der Waals surface area (Å²) in [7, 11) is 0. The zero-order valence-corrected chi connectivity index (χ0v) is 13.2. The largest absolute Gasteiger partial charge is 0.373 e. The summed E-state index contributed by atoms with van der Waals surface area (Å²) in [5.41, 5.74) is 2.13. The third-order valence-electron chi connectivity index (χ3n) is 4.22. The van der Waals surface area contributed by atoms with Crippen LogP contribution in [0.15, 0.2) is 12.1 Å². The first kappa shape index (κ1) is 14.8. The number of aryl methyl sites for hydroxylation is 2. The highest BCUT2D eigenvalue weighted by atomic mass is 35.5. The maximum Gasteiger partial charge on any atom is 0.128 e. The molecule has 0 spiro atoms. The highest BCUT2D eigenvalue weighted by Crippen LogP contribution is 2.30. The summed E-state index contributed by atoms with van der Waals surface area (Å²) in [6.45, 7) is 5.45. The predicted octanol–water partition coefficient (Wildman–Crippen LogP) is 3.83. The van der Waals surface area contributed by atoms with Crippen molar-refractivity contribution >= 4 is 22.6 Å². The Morgan fingerprint density at radius 1 is 1.48 bits per heavy atom. The van der Waals surface area contributed by atoms with Crippen LogP contribution in [0.3, 0.4) is 0 Å². The first-order chi connectivity index (χ1) is 10.0. The van der Waals surface area contributed by atoms with Crippen molar-refractivity contribution in [3.63, 3.8) is 0 Å². The smallest absolute Gasteiger partial charge is 0.128 e. The van der Waals surface area contributed by atoms with E-state index in [1.165, 1.54) is 6.07 Å². The highest BCUT2D eigenvalue weighted by Gasteiger charge is 2.31. The lowest BCUT2D eigenvalue weighted by Gasteiger charge is -2.25. The third kappa shape index (κ3) is 2.79. The Labute approximate surface area is 129 Å². The van der Waals surface area contributed by atoms with Gasteiger partial charge in [0.25, 0.3) is 0 Å². The van der Waals surface area contributed by atoms with Crippen LogP contribution in [0.5, 0.6) is 0 Å². The highest BCUT2D eigenvalue weighted by molar-refractivity contribution is 6.17. The average molecular weight is 311 g/mol. The van der Waals surface area contributed by atoms with E-state index in [2.05, 4.69) is 16.5 Å². The number of hydrogen-bond donors (Lipinski definition) is 0. The molecule has 114 valence electrons. The Kier molecular flexibility index (Phi) is 3.93. The number of alkyl halides is 1. The van der Waals surface area contributed by atoms with Gasteiger partial charge in [-0.15, -0.1) is 11.6 Å². The minimum Gasteiger partial charge on any atom is -0.373 e. The van der Waals surface area contributed by atoms with Crippen LogP contribution >= 0.6 is 11.6 Å². The minimum atomic E-state index is -0.215. The van der Waals surface area contributed by atoms with Crippen LogP contribution < -0.4 is 0 Å². The van der Waals surface area contributed by atoms with Crippen LogP contribution in [0.2, 0.25) is 0 Å². The molecular weight excluding hydrogens is 291 g/mol. The lowest BCUT2D eigenvalue weighted by Crippen LogP contribution is -2.30. The van der Waals surface area contributed by atoms with Gasteiger partial charge in [-0.05, 0) is 38.3 Å². The molecule has 2 aromatic rings. The van der Waals surface area contributed by atoms with Gasteiger partial charge in [0.2, 0.25) is 0 Å². The monoisotopic (exact) mass is 310 g/mol. The van der Waals surface area contributed by atoms with Crippen LogP contribution in [0, 0.1) is 12.7 Å². The summed E-state index contributed by atoms with van der Waals surface area (Å²) < 4.78 is 21.8. The number of hydrogen-bond acceptors (Lipinski definition) is 2. The SMILES string of the molecule is Cc1cc2c(cc1F)nc(CCCl)n2CC1(C)CCCO1. The van der Waals surface area contributed by atoms with E-state index in [9.17, 15) is 4.39 Å². The lowest BCUT2D eigenvalue weighted by molar-refractivity contribution is 0.00653. The van der Waals surface area contributed by atoms with Gasteiger partial charge in [-0.2, -0.15) is 0 Å². The van der Waals surface area contributed by atoms with Crippen LogP contribution in [-0.4, -0.2) is 27.6 Å². The van der Waals surface area contributed by atoms with Gasteiger partial charge < -0.3 is 9.30 Å². The molecule has 1 aliphatic heterocycles. The fourth-order valence-corrected chi connectivity index (χ4v) is 3.22. The number of benzene rings is 1. The quantitative estimate of drug-likeness (QED) is 0.802. The molecule has 5 heteroatoms. The Balaban J connectivity index is 2.08. The predicted molar refractivity (Wildman–Crippen MR) is 82.4 cm³/mol. The Bertz CT molecular complexity index is 662. The van der Waals surface area contributed by atoms with Crippen LogP contribution in [0.4, 0.5) is 4.39 Å². The van der Waals surface area contributed by atoms with Crippen molar-refractivity contribution in [1.29, 1.82) is 0 Å². The minimum absolute atomic E-state index is 0.170. The first-order valence-corrected chi connectivity index (χ1v) is 7.91. The van der Waals surface area contributed by atoms with Crippen LogP contribution in [-0.2, 0) is 17.7 Å². The molecule has 1 unspecified atom stereocenters. The van der Waals surface area contributed by atoms with Crippen molar-refractivity contribution in [2.75, 3.05) is 12.5 Å². The molecule has 1 aromatic carbocycles. The molecule has 1 atom stereocenters. The van der Waals surface area contributed by atoms with Gasteiger partial charge in [-0.1, -0.05) is 0 Å². The number of aromatic nitrogens is 2. The lowest BCUT2D eigenvalue weighted by atomic mass is 10.0. The summed E-state index contributed by atoms with van der Waals surface area (Å²) in [5, 5.41) is 0. The molecule has 0 amide bonds. The average Bonchev–Trinajstić information content (AvgIpc) is 2.98. The van der Waals surface area contributed by atoms with Crippen molar-refractivity contribution in [2.45, 2.75) is 45.3 Å². The van der Waals surface area contributed by atoms with E-state index < -0.39 is 0 Å². The summed E-state index contributed by atoms with van der Waals surface area (Å²) in [5.74, 6) is 1.19. The van der Waals surface area contributed by atoms with Crippen molar-refractivity contribution in [2.24, 2.45) is 0 Å². The standard InChI is InChI=1S/C16H20ClFN2O/c1-11-8-14-13(9-12(11)18)19-15(4-6-17)20(14)10-16(2)5-3-7-21-16/h8-9H,3-7,10H2,1-2H3. The van der Waals surface area contributed by atoms with Gasteiger partial charge in [-0.3, -0.25) is 0 Å². The van der Waals surface area contributed by atoms with Gasteiger partial charge in [0.1, 0.15) is 11.6 Å². The molecule has 0 radical (unpaired) electrons. The maximum absolute atomic E-state index is 13.8. The van der Waals surface area contributed by atoms with Gasteiger partial charge in [0, 0.05) is 25.0 Å². The van der Waals surface area contributed by atoms with Crippen molar-refractivity contribution in [3.05, 3.63) is 29.3 Å². The van der Waals surface area contributed by atoms with Crippen molar-refractivity contribution in [3.8, 4) is 0 Å². The number of ether oxygens (including phenoxy) is 1. The molecule has 0 saturated carbocycles. The molecule has 3 nitrogen and oxygen atoms in total. The summed E-state index contributed by atoms with van der Waals surface area (Å²) in [4.78, 5) is 4.56. The van der Waals surface area contributed by atoms with Gasteiger partial charge in [0.05, 0.1) is 23.2 Å². The molecule has 0 N–H and O–H groups in total. The molecule has 3 rings (SSSR count). The maximum atomic E-state index is 13.8. The van der Waals surface area contributed by atoms with Crippen molar-refractivity contribution < 1.29 is 9.13 Å². The molecule has 21 heavy (non-hydrogen) atoms. The molecule has 0 aliphatic carbocycles. The van der Waals surface area contributed by atoms with Crippen LogP contribution in [0.25, 0.3) is 11.0 Å². The normalized spacial score (nSPS) is 22.3. The second-order valence-corrected chi connectivity index (χ2v) is 6.42. The van der Waals surface area contributed by atoms with E-state index in [0.29, 0.717) is 23.4 Å². The van der Waals surface area contributed by atoms with E-state index in [1.807, 2.05) is 6.07 Å². The zero-order chi connectivity index (χ0) is 15.0. The Morgan fingerprint density at radius 3 is 2.95 bits per heavy atom.